The van der Waals surface area contributed by atoms with E-state index < -0.39 is 4.92 Å². The smallest absolute Gasteiger partial charge is 0.311 e. The highest BCUT2D eigenvalue weighted by Crippen LogP contribution is 2.29. The number of nitro benzene ring substituents is 1. The summed E-state index contributed by atoms with van der Waals surface area (Å²) in [7, 11) is 3.29. The Morgan fingerprint density at radius 3 is 2.90 bits per heavy atom. The first-order chi connectivity index (χ1) is 9.61. The van der Waals surface area contributed by atoms with Crippen LogP contribution in [-0.4, -0.2) is 33.3 Å². The molecule has 0 atom stereocenters. The van der Waals surface area contributed by atoms with Crippen molar-refractivity contribution in [2.75, 3.05) is 19.0 Å². The van der Waals surface area contributed by atoms with Gasteiger partial charge in [-0.05, 0) is 6.07 Å². The van der Waals surface area contributed by atoms with Gasteiger partial charge in [0, 0.05) is 37.8 Å². The lowest BCUT2D eigenvalue weighted by Gasteiger charge is -2.08. The normalized spacial score (nSPS) is 10.3. The van der Waals surface area contributed by atoms with Gasteiger partial charge in [0.1, 0.15) is 12.2 Å². The van der Waals surface area contributed by atoms with Crippen LogP contribution >= 0.6 is 0 Å². The summed E-state index contributed by atoms with van der Waals surface area (Å²) < 4.78 is 6.86. The Hall–Kier alpha value is -2.64. The first kappa shape index (κ1) is 13.8. The van der Waals surface area contributed by atoms with Crippen LogP contribution in [0.25, 0.3) is 0 Å². The third-order valence-electron chi connectivity index (χ3n) is 2.86. The molecule has 20 heavy (non-hydrogen) atoms. The second kappa shape index (κ2) is 6.00. The number of hydrogen-bond donors (Lipinski definition) is 1. The Labute approximate surface area is 115 Å². The number of aromatic nitrogens is 3. The van der Waals surface area contributed by atoms with Crippen molar-refractivity contribution in [3.8, 4) is 5.75 Å². The summed E-state index contributed by atoms with van der Waals surface area (Å²) >= 11 is 0. The SMILES string of the molecule is COc1cc(NCCc2nncn2C)ccc1[N+](=O)[O-]. The molecule has 0 unspecified atom stereocenters. The van der Waals surface area contributed by atoms with Crippen molar-refractivity contribution in [2.45, 2.75) is 6.42 Å². The number of nitrogens with one attached hydrogen (secondary N) is 1. The average molecular weight is 277 g/mol. The van der Waals surface area contributed by atoms with Crippen LogP contribution in [0.5, 0.6) is 5.75 Å². The van der Waals surface area contributed by atoms with Gasteiger partial charge in [-0.15, -0.1) is 10.2 Å². The molecule has 8 heteroatoms. The number of nitrogens with zero attached hydrogens (tertiary/aromatic N) is 4. The van der Waals surface area contributed by atoms with Crippen molar-refractivity contribution in [1.82, 2.24) is 14.8 Å². The molecular weight excluding hydrogens is 262 g/mol. The summed E-state index contributed by atoms with van der Waals surface area (Å²) in [4.78, 5) is 10.3. The molecule has 0 amide bonds. The summed E-state index contributed by atoms with van der Waals surface area (Å²) in [6, 6.07) is 4.68. The average Bonchev–Trinajstić information content (AvgIpc) is 2.84. The minimum atomic E-state index is -0.470. The molecule has 0 spiro atoms. The molecule has 2 rings (SSSR count). The van der Waals surface area contributed by atoms with Gasteiger partial charge in [0.25, 0.3) is 0 Å². The number of benzene rings is 1. The van der Waals surface area contributed by atoms with Gasteiger partial charge in [-0.25, -0.2) is 0 Å². The van der Waals surface area contributed by atoms with Crippen LogP contribution in [0.4, 0.5) is 11.4 Å². The quantitative estimate of drug-likeness (QED) is 0.633. The number of nitro groups is 1. The van der Waals surface area contributed by atoms with Gasteiger partial charge in [0.2, 0.25) is 0 Å². The Balaban J connectivity index is 2.00. The van der Waals surface area contributed by atoms with E-state index in [1.165, 1.54) is 13.2 Å². The summed E-state index contributed by atoms with van der Waals surface area (Å²) in [6.45, 7) is 0.646. The molecule has 1 aromatic heterocycles. The van der Waals surface area contributed by atoms with Gasteiger partial charge in [0.15, 0.2) is 5.75 Å². The molecule has 8 nitrogen and oxygen atoms in total. The predicted octanol–water partition coefficient (Wildman–Crippen LogP) is 1.39. The predicted molar refractivity (Wildman–Crippen MR) is 72.8 cm³/mol. The van der Waals surface area contributed by atoms with Crippen LogP contribution in [0, 0.1) is 10.1 Å². The van der Waals surface area contributed by atoms with Crippen molar-refractivity contribution >= 4 is 11.4 Å². The van der Waals surface area contributed by atoms with E-state index in [1.54, 1.807) is 18.5 Å². The Morgan fingerprint density at radius 1 is 1.50 bits per heavy atom. The maximum absolute atomic E-state index is 10.8. The fourth-order valence-electron chi connectivity index (χ4n) is 1.79. The highest BCUT2D eigenvalue weighted by Gasteiger charge is 2.14. The van der Waals surface area contributed by atoms with Crippen LogP contribution in [0.15, 0.2) is 24.5 Å². The fraction of sp³-hybridized carbons (Fsp3) is 0.333. The van der Waals surface area contributed by atoms with Gasteiger partial charge in [-0.3, -0.25) is 10.1 Å². The van der Waals surface area contributed by atoms with E-state index in [0.717, 1.165) is 11.5 Å². The Bertz CT molecular complexity index is 611. The van der Waals surface area contributed by atoms with E-state index in [1.807, 2.05) is 11.6 Å². The molecule has 0 radical (unpaired) electrons. The van der Waals surface area contributed by atoms with Crippen molar-refractivity contribution in [3.63, 3.8) is 0 Å². The summed E-state index contributed by atoms with van der Waals surface area (Å²) in [5.74, 6) is 1.10. The van der Waals surface area contributed by atoms with E-state index in [9.17, 15) is 10.1 Å². The highest BCUT2D eigenvalue weighted by atomic mass is 16.6. The summed E-state index contributed by atoms with van der Waals surface area (Å²) in [6.07, 6.45) is 2.35. The summed E-state index contributed by atoms with van der Waals surface area (Å²) in [5.41, 5.74) is 0.709. The van der Waals surface area contributed by atoms with Gasteiger partial charge >= 0.3 is 5.69 Å². The lowest BCUT2D eigenvalue weighted by atomic mass is 10.2. The number of aryl methyl sites for hydroxylation is 1. The third-order valence-corrected chi connectivity index (χ3v) is 2.86. The lowest BCUT2D eigenvalue weighted by molar-refractivity contribution is -0.385. The zero-order valence-electron chi connectivity index (χ0n) is 11.2. The number of methoxy groups -OCH3 is 1. The van der Waals surface area contributed by atoms with Crippen molar-refractivity contribution in [1.29, 1.82) is 0 Å². The number of ether oxygens (including phenoxy) is 1. The van der Waals surface area contributed by atoms with Gasteiger partial charge < -0.3 is 14.6 Å². The monoisotopic (exact) mass is 277 g/mol. The molecule has 106 valence electrons. The van der Waals surface area contributed by atoms with Gasteiger partial charge in [-0.1, -0.05) is 0 Å². The number of rotatable bonds is 6. The molecule has 0 saturated heterocycles. The van der Waals surface area contributed by atoms with Crippen molar-refractivity contribution in [3.05, 3.63) is 40.5 Å². The van der Waals surface area contributed by atoms with E-state index in [2.05, 4.69) is 15.5 Å². The molecule has 1 N–H and O–H groups in total. The first-order valence-electron chi connectivity index (χ1n) is 6.01. The van der Waals surface area contributed by atoms with E-state index in [0.29, 0.717) is 13.0 Å². The molecule has 0 fully saturated rings. The number of hydrogen-bond acceptors (Lipinski definition) is 6. The molecule has 0 saturated carbocycles. The Morgan fingerprint density at radius 2 is 2.30 bits per heavy atom. The molecule has 0 aliphatic heterocycles. The zero-order chi connectivity index (χ0) is 14.5. The van der Waals surface area contributed by atoms with E-state index in [4.69, 9.17) is 4.74 Å². The van der Waals surface area contributed by atoms with Crippen LogP contribution in [0.2, 0.25) is 0 Å². The van der Waals surface area contributed by atoms with Crippen molar-refractivity contribution in [2.24, 2.45) is 7.05 Å². The maximum Gasteiger partial charge on any atom is 0.311 e. The maximum atomic E-state index is 10.8. The van der Waals surface area contributed by atoms with Crippen LogP contribution in [-0.2, 0) is 13.5 Å². The van der Waals surface area contributed by atoms with Gasteiger partial charge in [-0.2, -0.15) is 0 Å². The largest absolute Gasteiger partial charge is 0.490 e. The molecule has 1 heterocycles. The molecule has 0 aliphatic rings. The number of anilines is 1. The van der Waals surface area contributed by atoms with Crippen LogP contribution in [0.3, 0.4) is 0 Å². The van der Waals surface area contributed by atoms with E-state index in [-0.39, 0.29) is 11.4 Å². The minimum absolute atomic E-state index is 0.0497. The topological polar surface area (TPSA) is 95.1 Å². The van der Waals surface area contributed by atoms with Crippen LogP contribution < -0.4 is 10.1 Å². The minimum Gasteiger partial charge on any atom is -0.490 e. The lowest BCUT2D eigenvalue weighted by Crippen LogP contribution is -2.08. The van der Waals surface area contributed by atoms with Gasteiger partial charge in [0.05, 0.1) is 12.0 Å². The molecule has 2 aromatic rings. The fourth-order valence-corrected chi connectivity index (χ4v) is 1.79. The molecule has 0 aliphatic carbocycles. The zero-order valence-corrected chi connectivity index (χ0v) is 11.2. The Kier molecular flexibility index (Phi) is 4.14. The molecular formula is C12H15N5O3. The third kappa shape index (κ3) is 3.02. The highest BCUT2D eigenvalue weighted by molar-refractivity contribution is 5.57. The second-order valence-electron chi connectivity index (χ2n) is 4.18. The van der Waals surface area contributed by atoms with Crippen molar-refractivity contribution < 1.29 is 9.66 Å². The molecule has 1 aromatic carbocycles. The standard InChI is InChI=1S/C12H15N5O3/c1-16-8-14-15-12(16)5-6-13-9-3-4-10(17(18)19)11(7-9)20-2/h3-4,7-8,13H,5-6H2,1-2H3. The molecule has 0 bridgehead atoms. The second-order valence-corrected chi connectivity index (χ2v) is 4.18. The summed E-state index contributed by atoms with van der Waals surface area (Å²) in [5, 5.41) is 21.7. The van der Waals surface area contributed by atoms with E-state index >= 15 is 0 Å². The van der Waals surface area contributed by atoms with Crippen LogP contribution in [0.1, 0.15) is 5.82 Å². The first-order valence-corrected chi connectivity index (χ1v) is 6.01.